The summed E-state index contributed by atoms with van der Waals surface area (Å²) in [6.07, 6.45) is 9.14. The van der Waals surface area contributed by atoms with Gasteiger partial charge in [0.2, 0.25) is 11.8 Å². The van der Waals surface area contributed by atoms with Crippen molar-refractivity contribution in [3.63, 3.8) is 0 Å². The number of aliphatic hydroxyl groups is 1. The number of aliphatic hydroxyl groups excluding tert-OH is 1. The molecule has 0 aromatic carbocycles. The van der Waals surface area contributed by atoms with Crippen LogP contribution in [0, 0.1) is 0 Å². The molecule has 2 saturated carbocycles. The summed E-state index contributed by atoms with van der Waals surface area (Å²) in [6, 6.07) is 0. The Kier molecular flexibility index (Phi) is 8.82. The van der Waals surface area contributed by atoms with E-state index in [1.165, 1.54) is 21.8 Å². The van der Waals surface area contributed by atoms with Crippen molar-refractivity contribution in [2.24, 2.45) is 14.1 Å². The quantitative estimate of drug-likeness (QED) is 0.224. The third kappa shape index (κ3) is 6.79. The van der Waals surface area contributed by atoms with Gasteiger partial charge in [0.15, 0.2) is 42.3 Å². The average Bonchev–Trinajstić information content (AvgIpc) is 3.84. The molecule has 6 aromatic heterocycles. The number of imidazole rings is 2. The molecule has 0 spiro atoms. The van der Waals surface area contributed by atoms with Crippen LogP contribution in [0.15, 0.2) is 43.9 Å². The van der Waals surface area contributed by atoms with Gasteiger partial charge < -0.3 is 27.7 Å². The molecular weight excluding hydrogens is 677 g/mol. The first-order valence-electron chi connectivity index (χ1n) is 16.9. The fourth-order valence-corrected chi connectivity index (χ4v) is 7.30. The summed E-state index contributed by atoms with van der Waals surface area (Å²) in [4.78, 5) is 50.4. The molecule has 2 aliphatic carbocycles. The van der Waals surface area contributed by atoms with E-state index in [2.05, 4.69) is 74.1 Å². The third-order valence-electron chi connectivity index (χ3n) is 10.2. The molecule has 0 saturated heterocycles. The van der Waals surface area contributed by atoms with Gasteiger partial charge in [0.05, 0.1) is 18.8 Å². The minimum atomic E-state index is -1.76. The van der Waals surface area contributed by atoms with Crippen molar-refractivity contribution in [1.82, 2.24) is 58.5 Å². The fraction of sp³-hybridized carbons (Fsp3) is 0.562. The summed E-state index contributed by atoms with van der Waals surface area (Å²) < 4.78 is 23.2. The Labute approximate surface area is 292 Å². The van der Waals surface area contributed by atoms with Crippen LogP contribution in [0.3, 0.4) is 0 Å². The highest BCUT2D eigenvalue weighted by molar-refractivity contribution is 6.74. The van der Waals surface area contributed by atoms with E-state index in [0.29, 0.717) is 58.6 Å². The lowest BCUT2D eigenvalue weighted by Gasteiger charge is -2.44. The molecule has 18 nitrogen and oxygen atoms in total. The number of nitrogens with zero attached hydrogens (tertiary/aromatic N) is 12. The van der Waals surface area contributed by atoms with E-state index < -0.39 is 8.32 Å². The van der Waals surface area contributed by atoms with Gasteiger partial charge in [-0.3, -0.25) is 18.7 Å². The first kappa shape index (κ1) is 34.6. The maximum Gasteiger partial charge on any atom is 0.280 e. The van der Waals surface area contributed by atoms with E-state index >= 15 is 0 Å². The molecule has 19 heteroatoms. The van der Waals surface area contributed by atoms with Gasteiger partial charge >= 0.3 is 0 Å². The average molecular weight is 719 g/mol. The molecule has 51 heavy (non-hydrogen) atoms. The van der Waals surface area contributed by atoms with Crippen LogP contribution < -0.4 is 11.1 Å². The maximum absolute atomic E-state index is 12.6. The van der Waals surface area contributed by atoms with Crippen LogP contribution in [0.2, 0.25) is 18.1 Å². The van der Waals surface area contributed by atoms with Crippen LogP contribution in [0.25, 0.3) is 22.3 Å². The zero-order valence-corrected chi connectivity index (χ0v) is 30.7. The standard InChI is InChI=1S/C19H28N6O3Si.C13H14N6O3/c1-19(2,3)29(5,6)28-13-7-12(8-13)16-22-14(27-23-16)9-25-11-21-17-15(18(25)26)24(4)10-20-17;1-18-5-14-12-10(18)13(21)19(6-15-12)4-9-16-11(17-22-9)7-2-8(20)3-7/h10-13H,7-9H2,1-6H3;5-8,20H,2-4H2,1H3. The fourth-order valence-electron chi connectivity index (χ4n) is 5.92. The van der Waals surface area contributed by atoms with Gasteiger partial charge in [0, 0.05) is 32.0 Å². The second-order valence-electron chi connectivity index (χ2n) is 15.0. The van der Waals surface area contributed by atoms with Gasteiger partial charge in [0.25, 0.3) is 11.1 Å². The molecule has 270 valence electrons. The number of fused-ring (bicyclic) bond motifs is 2. The van der Waals surface area contributed by atoms with Gasteiger partial charge in [0.1, 0.15) is 25.7 Å². The van der Waals surface area contributed by atoms with Crippen molar-refractivity contribution in [1.29, 1.82) is 0 Å². The van der Waals surface area contributed by atoms with Crippen LogP contribution >= 0.6 is 0 Å². The normalized spacial score (nSPS) is 20.6. The van der Waals surface area contributed by atoms with Crippen molar-refractivity contribution in [3.8, 4) is 0 Å². The number of aryl methyl sites for hydroxylation is 2. The number of hydrogen-bond donors (Lipinski definition) is 1. The van der Waals surface area contributed by atoms with Crippen molar-refractivity contribution < 1.29 is 18.6 Å². The van der Waals surface area contributed by atoms with Crippen LogP contribution in [-0.4, -0.2) is 84.1 Å². The lowest BCUT2D eigenvalue weighted by Crippen LogP contribution is -2.47. The van der Waals surface area contributed by atoms with E-state index in [0.717, 1.165) is 12.8 Å². The first-order valence-corrected chi connectivity index (χ1v) is 19.8. The molecule has 0 unspecified atom stereocenters. The Morgan fingerprint density at radius 3 is 1.63 bits per heavy atom. The van der Waals surface area contributed by atoms with Crippen LogP contribution in [0.5, 0.6) is 0 Å². The van der Waals surface area contributed by atoms with Crippen molar-refractivity contribution in [2.45, 2.75) is 102 Å². The maximum atomic E-state index is 12.6. The molecule has 6 aromatic rings. The van der Waals surface area contributed by atoms with E-state index in [9.17, 15) is 14.7 Å². The Bertz CT molecular complexity index is 2300. The summed E-state index contributed by atoms with van der Waals surface area (Å²) in [5.74, 6) is 2.42. The van der Waals surface area contributed by atoms with E-state index in [-0.39, 0.29) is 53.3 Å². The highest BCUT2D eigenvalue weighted by Crippen LogP contribution is 2.44. The first-order chi connectivity index (χ1) is 24.2. The molecule has 0 radical (unpaired) electrons. The van der Waals surface area contributed by atoms with Gasteiger partial charge in [-0.2, -0.15) is 9.97 Å². The second kappa shape index (κ2) is 13.0. The summed E-state index contributed by atoms with van der Waals surface area (Å²) in [5.41, 5.74) is 1.35. The lowest BCUT2D eigenvalue weighted by molar-refractivity contribution is 0.0708. The van der Waals surface area contributed by atoms with E-state index in [1.54, 1.807) is 35.9 Å². The zero-order valence-electron chi connectivity index (χ0n) is 29.7. The molecule has 0 amide bonds. The molecule has 1 N–H and O–H groups in total. The van der Waals surface area contributed by atoms with Gasteiger partial charge in [-0.05, 0) is 43.8 Å². The summed E-state index contributed by atoms with van der Waals surface area (Å²) in [6.45, 7) is 11.7. The topological polar surface area (TPSA) is 213 Å². The number of hydrogen-bond acceptors (Lipinski definition) is 14. The van der Waals surface area contributed by atoms with Crippen LogP contribution in [0.1, 0.15) is 81.7 Å². The van der Waals surface area contributed by atoms with Crippen LogP contribution in [-0.2, 0) is 31.6 Å². The van der Waals surface area contributed by atoms with Crippen LogP contribution in [0.4, 0.5) is 0 Å². The van der Waals surface area contributed by atoms with Crippen molar-refractivity contribution in [3.05, 3.63) is 69.4 Å². The third-order valence-corrected chi connectivity index (χ3v) is 14.7. The van der Waals surface area contributed by atoms with Crippen molar-refractivity contribution in [2.75, 3.05) is 0 Å². The van der Waals surface area contributed by atoms with E-state index in [4.69, 9.17) is 13.5 Å². The predicted molar refractivity (Wildman–Crippen MR) is 184 cm³/mol. The summed E-state index contributed by atoms with van der Waals surface area (Å²) in [5, 5.41) is 17.6. The predicted octanol–water partition coefficient (Wildman–Crippen LogP) is 2.63. The lowest BCUT2D eigenvalue weighted by atomic mass is 9.82. The molecule has 6 heterocycles. The van der Waals surface area contributed by atoms with Crippen molar-refractivity contribution >= 4 is 30.6 Å². The highest BCUT2D eigenvalue weighted by atomic mass is 28.4. The SMILES string of the molecule is Cn1cnc2ncn(Cc3nc(C4CC(O)C4)no3)c(=O)c21.Cn1cnc2ncn(Cc3nc(C4CC(O[Si](C)(C)C(C)(C)C)C4)no3)c(=O)c21. The van der Waals surface area contributed by atoms with Gasteiger partial charge in [-0.25, -0.2) is 19.9 Å². The monoisotopic (exact) mass is 718 g/mol. The Hall–Kier alpha value is -4.88. The molecule has 0 atom stereocenters. The molecule has 0 bridgehead atoms. The largest absolute Gasteiger partial charge is 0.414 e. The Balaban J connectivity index is 0.000000165. The Morgan fingerprint density at radius 2 is 1.20 bits per heavy atom. The number of aromatic nitrogens is 12. The minimum Gasteiger partial charge on any atom is -0.414 e. The smallest absolute Gasteiger partial charge is 0.280 e. The summed E-state index contributed by atoms with van der Waals surface area (Å²) in [7, 11) is 1.76. The second-order valence-corrected chi connectivity index (χ2v) is 19.8. The molecule has 2 fully saturated rings. The molecule has 0 aliphatic heterocycles. The van der Waals surface area contributed by atoms with Gasteiger partial charge in [-0.15, -0.1) is 0 Å². The molecular formula is C32H42N12O6Si. The minimum absolute atomic E-state index is 0.141. The van der Waals surface area contributed by atoms with Gasteiger partial charge in [-0.1, -0.05) is 31.1 Å². The van der Waals surface area contributed by atoms with E-state index in [1.807, 2.05) is 0 Å². The molecule has 2 aliphatic rings. The number of rotatable bonds is 8. The highest BCUT2D eigenvalue weighted by Gasteiger charge is 2.43. The summed E-state index contributed by atoms with van der Waals surface area (Å²) >= 11 is 0. The molecule has 8 rings (SSSR count). The zero-order chi connectivity index (χ0) is 36.2. The Morgan fingerprint density at radius 1 is 0.765 bits per heavy atom.